The maximum absolute atomic E-state index is 13.9. The highest BCUT2D eigenvalue weighted by Crippen LogP contribution is 2.37. The molecule has 0 heterocycles. The first-order valence-electron chi connectivity index (χ1n) is 7.19. The number of rotatable bonds is 4. The lowest BCUT2D eigenvalue weighted by molar-refractivity contribution is 0.0706. The van der Waals surface area contributed by atoms with Gasteiger partial charge in [-0.2, -0.15) is 0 Å². The van der Waals surface area contributed by atoms with Gasteiger partial charge in [-0.1, -0.05) is 18.6 Å². The van der Waals surface area contributed by atoms with Crippen molar-refractivity contribution in [3.05, 3.63) is 59.4 Å². The predicted molar refractivity (Wildman–Crippen MR) is 78.8 cm³/mol. The second-order valence-electron chi connectivity index (χ2n) is 5.39. The molecule has 0 spiro atoms. The summed E-state index contributed by atoms with van der Waals surface area (Å²) in [6.07, 6.45) is 3.73. The van der Waals surface area contributed by atoms with Crippen LogP contribution >= 0.6 is 0 Å². The van der Waals surface area contributed by atoms with Crippen molar-refractivity contribution in [3.8, 4) is 11.5 Å². The normalized spacial score (nSPS) is 14.3. The Hall–Kier alpha value is -2.40. The Kier molecular flexibility index (Phi) is 4.06. The lowest BCUT2D eigenvalue weighted by Gasteiger charge is -2.25. The van der Waals surface area contributed by atoms with Gasteiger partial charge in [0.1, 0.15) is 5.75 Å². The molecule has 114 valence electrons. The summed E-state index contributed by atoms with van der Waals surface area (Å²) >= 11 is 0. The van der Waals surface area contributed by atoms with E-state index in [1.807, 2.05) is 24.3 Å². The molecule has 2 aromatic rings. The summed E-state index contributed by atoms with van der Waals surface area (Å²) in [5, 5.41) is 8.53. The lowest BCUT2D eigenvalue weighted by atomic mass is 9.80. The van der Waals surface area contributed by atoms with Crippen LogP contribution in [-0.4, -0.2) is 11.1 Å². The molecular formula is C17H16FNO3. The number of carbonyl (C=O) groups is 1. The number of benzene rings is 2. The Labute approximate surface area is 127 Å². The molecule has 1 aliphatic carbocycles. The largest absolute Gasteiger partial charge is 0.454 e. The number of halogens is 1. The zero-order valence-electron chi connectivity index (χ0n) is 11.9. The Morgan fingerprint density at radius 2 is 1.91 bits per heavy atom. The molecule has 1 amide bonds. The molecule has 0 saturated heterocycles. The third-order valence-electron chi connectivity index (χ3n) is 3.98. The molecule has 0 aromatic heterocycles. The molecule has 0 bridgehead atoms. The second kappa shape index (κ2) is 6.15. The summed E-state index contributed by atoms with van der Waals surface area (Å²) in [5.74, 6) is -0.214. The van der Waals surface area contributed by atoms with E-state index in [1.54, 1.807) is 0 Å². The molecule has 3 rings (SSSR count). The van der Waals surface area contributed by atoms with Gasteiger partial charge in [0.15, 0.2) is 11.6 Å². The van der Waals surface area contributed by atoms with E-state index < -0.39 is 11.7 Å². The molecule has 2 aromatic carbocycles. The number of ether oxygens (including phenoxy) is 1. The predicted octanol–water partition coefficient (Wildman–Crippen LogP) is 4.00. The van der Waals surface area contributed by atoms with Crippen LogP contribution < -0.4 is 10.2 Å². The van der Waals surface area contributed by atoms with Crippen molar-refractivity contribution in [2.24, 2.45) is 0 Å². The van der Waals surface area contributed by atoms with Crippen LogP contribution in [-0.2, 0) is 0 Å². The highest BCUT2D eigenvalue weighted by atomic mass is 19.1. The van der Waals surface area contributed by atoms with Gasteiger partial charge in [-0.05, 0) is 54.7 Å². The summed E-state index contributed by atoms with van der Waals surface area (Å²) in [4.78, 5) is 11.2. The van der Waals surface area contributed by atoms with E-state index in [2.05, 4.69) is 0 Å². The van der Waals surface area contributed by atoms with Crippen LogP contribution in [0.5, 0.6) is 11.5 Å². The third-order valence-corrected chi connectivity index (χ3v) is 3.98. The summed E-state index contributed by atoms with van der Waals surface area (Å²) in [6.45, 7) is 0. The van der Waals surface area contributed by atoms with Gasteiger partial charge in [-0.15, -0.1) is 0 Å². The number of carbonyl (C=O) groups excluding carboxylic acids is 1. The molecule has 4 nitrogen and oxygen atoms in total. The molecule has 22 heavy (non-hydrogen) atoms. The van der Waals surface area contributed by atoms with Crippen molar-refractivity contribution in [2.75, 3.05) is 0 Å². The molecule has 1 aliphatic rings. The maximum atomic E-state index is 13.9. The third kappa shape index (κ3) is 2.94. The smallest absolute Gasteiger partial charge is 0.274 e. The van der Waals surface area contributed by atoms with Crippen molar-refractivity contribution in [2.45, 2.75) is 25.2 Å². The van der Waals surface area contributed by atoms with Crippen LogP contribution in [0.3, 0.4) is 0 Å². The Bertz CT molecular complexity index is 681. The standard InChI is InChI=1S/C17H16FNO3/c18-15-10-13(17(20)19-21)6-9-16(15)22-14-7-4-12(5-8-14)11-2-1-3-11/h4-11,21H,1-3H2,(H,19,20). The number of hydrogen-bond acceptors (Lipinski definition) is 3. The van der Waals surface area contributed by atoms with E-state index in [4.69, 9.17) is 9.94 Å². The molecular weight excluding hydrogens is 285 g/mol. The topological polar surface area (TPSA) is 58.6 Å². The van der Waals surface area contributed by atoms with Gasteiger partial charge in [-0.3, -0.25) is 10.0 Å². The minimum atomic E-state index is -0.768. The average Bonchev–Trinajstić information content (AvgIpc) is 2.48. The van der Waals surface area contributed by atoms with Gasteiger partial charge < -0.3 is 4.74 Å². The minimum Gasteiger partial charge on any atom is -0.454 e. The van der Waals surface area contributed by atoms with Gasteiger partial charge in [0.25, 0.3) is 5.91 Å². The Morgan fingerprint density at radius 3 is 2.45 bits per heavy atom. The van der Waals surface area contributed by atoms with Crippen molar-refractivity contribution in [1.82, 2.24) is 5.48 Å². The molecule has 5 heteroatoms. The van der Waals surface area contributed by atoms with Crippen LogP contribution in [0.2, 0.25) is 0 Å². The number of amides is 1. The van der Waals surface area contributed by atoms with Gasteiger partial charge in [0.05, 0.1) is 0 Å². The Balaban J connectivity index is 1.73. The Morgan fingerprint density at radius 1 is 1.18 bits per heavy atom. The summed E-state index contributed by atoms with van der Waals surface area (Å²) in [5.41, 5.74) is 2.77. The average molecular weight is 301 g/mol. The van der Waals surface area contributed by atoms with E-state index in [0.717, 1.165) is 6.07 Å². The van der Waals surface area contributed by atoms with Crippen LogP contribution in [0.15, 0.2) is 42.5 Å². The summed E-state index contributed by atoms with van der Waals surface area (Å²) in [7, 11) is 0. The van der Waals surface area contributed by atoms with Gasteiger partial charge in [0.2, 0.25) is 0 Å². The fourth-order valence-corrected chi connectivity index (χ4v) is 2.47. The molecule has 0 atom stereocenters. The fourth-order valence-electron chi connectivity index (χ4n) is 2.47. The van der Waals surface area contributed by atoms with Crippen molar-refractivity contribution in [3.63, 3.8) is 0 Å². The lowest BCUT2D eigenvalue weighted by Crippen LogP contribution is -2.18. The van der Waals surface area contributed by atoms with Gasteiger partial charge >= 0.3 is 0 Å². The van der Waals surface area contributed by atoms with E-state index in [1.165, 1.54) is 42.4 Å². The molecule has 0 aliphatic heterocycles. The second-order valence-corrected chi connectivity index (χ2v) is 5.39. The molecule has 0 radical (unpaired) electrons. The van der Waals surface area contributed by atoms with Gasteiger partial charge in [-0.25, -0.2) is 9.87 Å². The maximum Gasteiger partial charge on any atom is 0.274 e. The molecule has 1 fully saturated rings. The van der Waals surface area contributed by atoms with E-state index in [9.17, 15) is 9.18 Å². The highest BCUT2D eigenvalue weighted by molar-refractivity contribution is 5.93. The van der Waals surface area contributed by atoms with Crippen LogP contribution in [0, 0.1) is 5.82 Å². The van der Waals surface area contributed by atoms with Crippen molar-refractivity contribution in [1.29, 1.82) is 0 Å². The monoisotopic (exact) mass is 301 g/mol. The zero-order chi connectivity index (χ0) is 15.5. The minimum absolute atomic E-state index is 0.0210. The number of hydrogen-bond donors (Lipinski definition) is 2. The first kappa shape index (κ1) is 14.5. The first-order valence-corrected chi connectivity index (χ1v) is 7.19. The van der Waals surface area contributed by atoms with E-state index >= 15 is 0 Å². The zero-order valence-corrected chi connectivity index (χ0v) is 11.9. The number of hydroxylamine groups is 1. The van der Waals surface area contributed by atoms with E-state index in [0.29, 0.717) is 11.7 Å². The SMILES string of the molecule is O=C(NO)c1ccc(Oc2ccc(C3CCC3)cc2)c(F)c1. The fraction of sp³-hybridized carbons (Fsp3) is 0.235. The van der Waals surface area contributed by atoms with Crippen molar-refractivity contribution < 1.29 is 19.1 Å². The first-order chi connectivity index (χ1) is 10.7. The van der Waals surface area contributed by atoms with Crippen LogP contribution in [0.25, 0.3) is 0 Å². The molecule has 1 saturated carbocycles. The van der Waals surface area contributed by atoms with Gasteiger partial charge in [0, 0.05) is 5.56 Å². The van der Waals surface area contributed by atoms with Crippen LogP contribution in [0.1, 0.15) is 41.1 Å². The number of nitrogens with one attached hydrogen (secondary N) is 1. The highest BCUT2D eigenvalue weighted by Gasteiger charge is 2.19. The quantitative estimate of drug-likeness (QED) is 0.663. The van der Waals surface area contributed by atoms with E-state index in [-0.39, 0.29) is 11.3 Å². The van der Waals surface area contributed by atoms with Crippen LogP contribution in [0.4, 0.5) is 4.39 Å². The summed E-state index contributed by atoms with van der Waals surface area (Å²) < 4.78 is 19.4. The summed E-state index contributed by atoms with van der Waals surface area (Å²) in [6, 6.07) is 11.4. The molecule has 0 unspecified atom stereocenters. The van der Waals surface area contributed by atoms with Crippen molar-refractivity contribution >= 4 is 5.91 Å². The molecule has 2 N–H and O–H groups in total.